The van der Waals surface area contributed by atoms with Crippen LogP contribution in [0.15, 0.2) is 24.3 Å². The maximum absolute atomic E-state index is 12.9. The number of benzene rings is 1. The summed E-state index contributed by atoms with van der Waals surface area (Å²) in [6.07, 6.45) is -2.78. The molecule has 8 heteroatoms. The number of carbonyl (C=O) groups excluding carboxylic acids is 1. The van der Waals surface area contributed by atoms with Crippen molar-refractivity contribution in [2.24, 2.45) is 11.8 Å². The summed E-state index contributed by atoms with van der Waals surface area (Å²) in [5.41, 5.74) is -0.344. The summed E-state index contributed by atoms with van der Waals surface area (Å²) in [4.78, 5) is 24.4. The van der Waals surface area contributed by atoms with Crippen molar-refractivity contribution in [2.75, 3.05) is 13.6 Å². The normalized spacial score (nSPS) is 16.8. The van der Waals surface area contributed by atoms with Crippen molar-refractivity contribution >= 4 is 12.0 Å². The van der Waals surface area contributed by atoms with Crippen molar-refractivity contribution in [2.45, 2.75) is 32.0 Å². The minimum absolute atomic E-state index is 0.0150. The van der Waals surface area contributed by atoms with Crippen LogP contribution in [0.25, 0.3) is 0 Å². The molecule has 0 aromatic heterocycles. The van der Waals surface area contributed by atoms with E-state index in [1.54, 1.807) is 6.07 Å². The quantitative estimate of drug-likeness (QED) is 0.817. The Labute approximate surface area is 143 Å². The van der Waals surface area contributed by atoms with E-state index < -0.39 is 35.7 Å². The van der Waals surface area contributed by atoms with E-state index >= 15 is 0 Å². The lowest BCUT2D eigenvalue weighted by Gasteiger charge is -2.25. The topological polar surface area (TPSA) is 69.6 Å². The number of nitrogens with one attached hydrogen (secondary N) is 1. The second-order valence-electron chi connectivity index (χ2n) is 6.51. The fourth-order valence-electron chi connectivity index (χ4n) is 2.63. The predicted octanol–water partition coefficient (Wildman–Crippen LogP) is 3.52. The summed E-state index contributed by atoms with van der Waals surface area (Å²) in [6, 6.07) is 3.94. The first-order chi connectivity index (χ1) is 11.6. The lowest BCUT2D eigenvalue weighted by molar-refractivity contribution is -0.141. The van der Waals surface area contributed by atoms with Crippen LogP contribution < -0.4 is 5.32 Å². The molecule has 0 heterocycles. The molecular weight excluding hydrogens is 337 g/mol. The maximum Gasteiger partial charge on any atom is 0.416 e. The van der Waals surface area contributed by atoms with Gasteiger partial charge in [0.05, 0.1) is 17.5 Å². The molecule has 1 aliphatic rings. The number of urea groups is 1. The van der Waals surface area contributed by atoms with Crippen molar-refractivity contribution < 1.29 is 27.9 Å². The molecule has 2 N–H and O–H groups in total. The highest BCUT2D eigenvalue weighted by Crippen LogP contribution is 2.42. The Bertz CT molecular complexity index is 644. The highest BCUT2D eigenvalue weighted by atomic mass is 19.4. The Hall–Kier alpha value is -2.25. The van der Waals surface area contributed by atoms with Crippen LogP contribution in [0.2, 0.25) is 0 Å². The van der Waals surface area contributed by atoms with Crippen molar-refractivity contribution in [1.82, 2.24) is 10.2 Å². The van der Waals surface area contributed by atoms with E-state index in [2.05, 4.69) is 5.32 Å². The van der Waals surface area contributed by atoms with Gasteiger partial charge in [-0.25, -0.2) is 4.79 Å². The Balaban J connectivity index is 2.11. The number of amides is 2. The van der Waals surface area contributed by atoms with Gasteiger partial charge in [0.25, 0.3) is 0 Å². The van der Waals surface area contributed by atoms with Gasteiger partial charge in [0, 0.05) is 13.6 Å². The first kappa shape index (κ1) is 19.1. The average Bonchev–Trinajstić information content (AvgIpc) is 3.36. The first-order valence-corrected chi connectivity index (χ1v) is 8.01. The Kier molecular flexibility index (Phi) is 5.59. The van der Waals surface area contributed by atoms with E-state index in [4.69, 9.17) is 5.11 Å². The number of carboxylic acid groups (broad SMARTS) is 1. The molecule has 0 saturated heterocycles. The lowest BCUT2D eigenvalue weighted by Crippen LogP contribution is -2.42. The third-order valence-electron chi connectivity index (χ3n) is 4.26. The highest BCUT2D eigenvalue weighted by Gasteiger charge is 2.36. The molecule has 1 aromatic rings. The van der Waals surface area contributed by atoms with Crippen LogP contribution >= 0.6 is 0 Å². The second kappa shape index (κ2) is 7.33. The number of halogens is 3. The van der Waals surface area contributed by atoms with Crippen LogP contribution in [0.1, 0.15) is 36.9 Å². The number of carbonyl (C=O) groups is 2. The number of aliphatic carboxylic acids is 1. The minimum Gasteiger partial charge on any atom is -0.481 e. The molecule has 1 aromatic carbocycles. The van der Waals surface area contributed by atoms with Gasteiger partial charge >= 0.3 is 18.2 Å². The Morgan fingerprint density at radius 2 is 2.00 bits per heavy atom. The molecule has 0 radical (unpaired) electrons. The monoisotopic (exact) mass is 358 g/mol. The largest absolute Gasteiger partial charge is 0.481 e. The fraction of sp³-hybridized carbons (Fsp3) is 0.529. The van der Waals surface area contributed by atoms with E-state index in [0.29, 0.717) is 5.56 Å². The average molecular weight is 358 g/mol. The van der Waals surface area contributed by atoms with Crippen LogP contribution in [0.5, 0.6) is 0 Å². The minimum atomic E-state index is -4.44. The van der Waals surface area contributed by atoms with Gasteiger partial charge in [-0.3, -0.25) is 4.79 Å². The molecule has 25 heavy (non-hydrogen) atoms. The molecule has 1 fully saturated rings. The van der Waals surface area contributed by atoms with Gasteiger partial charge < -0.3 is 15.3 Å². The molecule has 2 rings (SSSR count). The SMILES string of the molecule is CC(CN(C)C(=O)NC(c1cccc(C(F)(F)F)c1)C1CC1)C(=O)O. The molecule has 5 nitrogen and oxygen atoms in total. The molecule has 0 spiro atoms. The van der Waals surface area contributed by atoms with Crippen molar-refractivity contribution in [1.29, 1.82) is 0 Å². The maximum atomic E-state index is 12.9. The summed E-state index contributed by atoms with van der Waals surface area (Å²) in [5, 5.41) is 11.7. The van der Waals surface area contributed by atoms with Crippen molar-refractivity contribution in [3.05, 3.63) is 35.4 Å². The van der Waals surface area contributed by atoms with Crippen LogP contribution in [-0.4, -0.2) is 35.6 Å². The summed E-state index contributed by atoms with van der Waals surface area (Å²) in [7, 11) is 1.46. The molecule has 1 aliphatic carbocycles. The predicted molar refractivity (Wildman–Crippen MR) is 84.9 cm³/mol. The lowest BCUT2D eigenvalue weighted by atomic mass is 10.00. The van der Waals surface area contributed by atoms with Gasteiger partial charge in [-0.15, -0.1) is 0 Å². The molecule has 1 saturated carbocycles. The van der Waals surface area contributed by atoms with Crippen LogP contribution in [-0.2, 0) is 11.0 Å². The van der Waals surface area contributed by atoms with E-state index in [0.717, 1.165) is 25.0 Å². The van der Waals surface area contributed by atoms with Gasteiger partial charge in [-0.05, 0) is 36.5 Å². The van der Waals surface area contributed by atoms with Crippen molar-refractivity contribution in [3.8, 4) is 0 Å². The molecule has 0 bridgehead atoms. The summed E-state index contributed by atoms with van der Waals surface area (Å²) in [5.74, 6) is -1.65. The third-order valence-corrected chi connectivity index (χ3v) is 4.26. The van der Waals surface area contributed by atoms with E-state index in [-0.39, 0.29) is 12.5 Å². The van der Waals surface area contributed by atoms with E-state index in [9.17, 15) is 22.8 Å². The van der Waals surface area contributed by atoms with Crippen LogP contribution in [0, 0.1) is 11.8 Å². The highest BCUT2D eigenvalue weighted by molar-refractivity contribution is 5.76. The zero-order valence-corrected chi connectivity index (χ0v) is 14.0. The van der Waals surface area contributed by atoms with Gasteiger partial charge in [0.2, 0.25) is 0 Å². The molecular formula is C17H21F3N2O3. The fourth-order valence-corrected chi connectivity index (χ4v) is 2.63. The Morgan fingerprint density at radius 1 is 1.36 bits per heavy atom. The number of hydrogen-bond acceptors (Lipinski definition) is 2. The van der Waals surface area contributed by atoms with Gasteiger partial charge in [-0.1, -0.05) is 19.1 Å². The zero-order chi connectivity index (χ0) is 18.8. The molecule has 0 aliphatic heterocycles. The van der Waals surface area contributed by atoms with E-state index in [1.807, 2.05) is 0 Å². The number of rotatable bonds is 6. The smallest absolute Gasteiger partial charge is 0.416 e. The molecule has 2 amide bonds. The van der Waals surface area contributed by atoms with Crippen LogP contribution in [0.3, 0.4) is 0 Å². The summed E-state index contributed by atoms with van der Waals surface area (Å²) >= 11 is 0. The number of alkyl halides is 3. The standard InChI is InChI=1S/C17H21F3N2O3/c1-10(15(23)24)9-22(2)16(25)21-14(11-6-7-11)12-4-3-5-13(8-12)17(18,19)20/h3-5,8,10-11,14H,6-7,9H2,1-2H3,(H,21,25)(H,23,24). The number of hydrogen-bond donors (Lipinski definition) is 2. The van der Waals surface area contributed by atoms with Gasteiger partial charge in [0.15, 0.2) is 0 Å². The molecule has 2 atom stereocenters. The third kappa shape index (κ3) is 5.11. The van der Waals surface area contributed by atoms with Gasteiger partial charge in [0.1, 0.15) is 0 Å². The number of carboxylic acids is 1. The molecule has 138 valence electrons. The number of nitrogens with zero attached hydrogens (tertiary/aromatic N) is 1. The second-order valence-corrected chi connectivity index (χ2v) is 6.51. The van der Waals surface area contributed by atoms with Crippen LogP contribution in [0.4, 0.5) is 18.0 Å². The molecule has 2 unspecified atom stereocenters. The summed E-state index contributed by atoms with van der Waals surface area (Å²) in [6.45, 7) is 1.50. The first-order valence-electron chi connectivity index (χ1n) is 8.01. The Morgan fingerprint density at radius 3 is 2.52 bits per heavy atom. The summed E-state index contributed by atoms with van der Waals surface area (Å²) < 4.78 is 38.7. The zero-order valence-electron chi connectivity index (χ0n) is 14.0. The van der Waals surface area contributed by atoms with E-state index in [1.165, 1.54) is 24.9 Å². The van der Waals surface area contributed by atoms with Crippen molar-refractivity contribution in [3.63, 3.8) is 0 Å². The van der Waals surface area contributed by atoms with Gasteiger partial charge in [-0.2, -0.15) is 13.2 Å².